The average molecular weight is 293 g/mol. The van der Waals surface area contributed by atoms with Gasteiger partial charge in [-0.1, -0.05) is 30.3 Å². The van der Waals surface area contributed by atoms with E-state index in [2.05, 4.69) is 0 Å². The number of benzene rings is 1. The van der Waals surface area contributed by atoms with Crippen LogP contribution >= 0.6 is 0 Å². The van der Waals surface area contributed by atoms with Crippen LogP contribution in [0.15, 0.2) is 47.4 Å². The summed E-state index contributed by atoms with van der Waals surface area (Å²) in [6.07, 6.45) is 0.955. The first-order valence-corrected chi connectivity index (χ1v) is 6.19. The summed E-state index contributed by atoms with van der Waals surface area (Å²) >= 11 is 0. The van der Waals surface area contributed by atoms with Crippen molar-refractivity contribution in [2.24, 2.45) is 0 Å². The number of hydrogen-bond acceptors (Lipinski definition) is 2. The van der Waals surface area contributed by atoms with Gasteiger partial charge in [0.25, 0.3) is 5.92 Å². The minimum atomic E-state index is -3.17. The third-order valence-corrected chi connectivity index (χ3v) is 3.14. The van der Waals surface area contributed by atoms with Gasteiger partial charge in [-0.15, -0.1) is 0 Å². The van der Waals surface area contributed by atoms with Gasteiger partial charge in [0, 0.05) is 23.5 Å². The van der Waals surface area contributed by atoms with Crippen LogP contribution in [0.3, 0.4) is 0 Å². The molecule has 0 saturated heterocycles. The summed E-state index contributed by atoms with van der Waals surface area (Å²) in [4.78, 5) is 22.4. The first kappa shape index (κ1) is 14.9. The fraction of sp³-hybridized carbons (Fsp3) is 0.200. The van der Waals surface area contributed by atoms with Gasteiger partial charge in [0.05, 0.1) is 6.54 Å². The molecule has 0 unspecified atom stereocenters. The first-order valence-electron chi connectivity index (χ1n) is 6.19. The van der Waals surface area contributed by atoms with E-state index < -0.39 is 29.4 Å². The maximum absolute atomic E-state index is 14.2. The molecule has 1 aromatic heterocycles. The Hall–Kier alpha value is -2.50. The standard InChI is InChI=1S/C15H13F2NO3/c1-10-7-13(19)12(14(20)21)8-18(10)9-15(16,17)11-5-3-2-4-6-11/h2-8H,9H2,1H3,(H,20,21). The number of carboxylic acids is 1. The lowest BCUT2D eigenvalue weighted by Crippen LogP contribution is -2.26. The van der Waals surface area contributed by atoms with E-state index in [0.717, 1.165) is 16.8 Å². The predicted molar refractivity (Wildman–Crippen MR) is 72.7 cm³/mol. The van der Waals surface area contributed by atoms with E-state index in [1.807, 2.05) is 0 Å². The molecule has 2 rings (SSSR count). The molecule has 0 fully saturated rings. The molecule has 1 N–H and O–H groups in total. The smallest absolute Gasteiger partial charge is 0.341 e. The second kappa shape index (κ2) is 5.47. The van der Waals surface area contributed by atoms with Crippen LogP contribution in [0.1, 0.15) is 21.6 Å². The van der Waals surface area contributed by atoms with Crippen LogP contribution in [0, 0.1) is 6.92 Å². The van der Waals surface area contributed by atoms with E-state index in [-0.39, 0.29) is 11.3 Å². The summed E-state index contributed by atoms with van der Waals surface area (Å²) in [6, 6.07) is 8.29. The molecule has 0 amide bonds. The summed E-state index contributed by atoms with van der Waals surface area (Å²) in [5.41, 5.74) is -1.11. The highest BCUT2D eigenvalue weighted by atomic mass is 19.3. The Bertz CT molecular complexity index is 723. The lowest BCUT2D eigenvalue weighted by atomic mass is 10.1. The molecule has 6 heteroatoms. The van der Waals surface area contributed by atoms with Gasteiger partial charge >= 0.3 is 5.97 Å². The Morgan fingerprint density at radius 1 is 1.29 bits per heavy atom. The summed E-state index contributed by atoms with van der Waals surface area (Å²) in [6.45, 7) is 0.748. The second-order valence-corrected chi connectivity index (χ2v) is 4.70. The second-order valence-electron chi connectivity index (χ2n) is 4.70. The molecule has 2 aromatic rings. The monoisotopic (exact) mass is 293 g/mol. The Morgan fingerprint density at radius 2 is 1.90 bits per heavy atom. The minimum absolute atomic E-state index is 0.167. The Labute approximate surface area is 119 Å². The highest BCUT2D eigenvalue weighted by Crippen LogP contribution is 2.29. The highest BCUT2D eigenvalue weighted by Gasteiger charge is 2.32. The predicted octanol–water partition coefficient (Wildman–Crippen LogP) is 2.65. The molecule has 0 saturated carbocycles. The van der Waals surface area contributed by atoms with E-state index >= 15 is 0 Å². The van der Waals surface area contributed by atoms with Crippen molar-refractivity contribution in [2.45, 2.75) is 19.4 Å². The van der Waals surface area contributed by atoms with Crippen molar-refractivity contribution < 1.29 is 18.7 Å². The van der Waals surface area contributed by atoms with E-state index in [9.17, 15) is 18.4 Å². The summed E-state index contributed by atoms with van der Waals surface area (Å²) in [5.74, 6) is -4.60. The van der Waals surface area contributed by atoms with Crippen molar-refractivity contribution in [3.8, 4) is 0 Å². The number of carboxylic acid groups (broad SMARTS) is 1. The Kier molecular flexibility index (Phi) is 3.88. The quantitative estimate of drug-likeness (QED) is 0.942. The zero-order valence-corrected chi connectivity index (χ0v) is 11.2. The van der Waals surface area contributed by atoms with Crippen LogP contribution in [-0.4, -0.2) is 15.6 Å². The lowest BCUT2D eigenvalue weighted by Gasteiger charge is -2.20. The molecular formula is C15H13F2NO3. The topological polar surface area (TPSA) is 59.3 Å². The van der Waals surface area contributed by atoms with Crippen molar-refractivity contribution in [1.29, 1.82) is 0 Å². The molecule has 0 bridgehead atoms. The number of hydrogen-bond donors (Lipinski definition) is 1. The number of rotatable bonds is 4. The molecule has 0 aliphatic rings. The molecule has 4 nitrogen and oxygen atoms in total. The van der Waals surface area contributed by atoms with Gasteiger partial charge in [-0.2, -0.15) is 8.78 Å². The molecule has 21 heavy (non-hydrogen) atoms. The largest absolute Gasteiger partial charge is 0.477 e. The van der Waals surface area contributed by atoms with Crippen LogP contribution in [0.25, 0.3) is 0 Å². The minimum Gasteiger partial charge on any atom is -0.477 e. The summed E-state index contributed by atoms with van der Waals surface area (Å²) < 4.78 is 29.5. The average Bonchev–Trinajstić information content (AvgIpc) is 2.42. The zero-order chi connectivity index (χ0) is 15.6. The van der Waals surface area contributed by atoms with Gasteiger partial charge in [0.2, 0.25) is 0 Å². The Balaban J connectivity index is 2.42. The molecule has 0 atom stereocenters. The van der Waals surface area contributed by atoms with Gasteiger partial charge < -0.3 is 9.67 Å². The van der Waals surface area contributed by atoms with Gasteiger partial charge in [0.15, 0.2) is 5.43 Å². The normalized spacial score (nSPS) is 11.4. The number of halogens is 2. The number of aromatic nitrogens is 1. The molecule has 1 heterocycles. The number of aryl methyl sites for hydroxylation is 1. The number of pyridine rings is 1. The Morgan fingerprint density at radius 3 is 2.48 bits per heavy atom. The maximum atomic E-state index is 14.2. The van der Waals surface area contributed by atoms with E-state index in [4.69, 9.17) is 5.11 Å². The zero-order valence-electron chi connectivity index (χ0n) is 11.2. The molecule has 0 spiro atoms. The SMILES string of the molecule is Cc1cc(=O)c(C(=O)O)cn1CC(F)(F)c1ccccc1. The van der Waals surface area contributed by atoms with Crippen LogP contribution in [0.2, 0.25) is 0 Å². The third-order valence-electron chi connectivity index (χ3n) is 3.14. The maximum Gasteiger partial charge on any atom is 0.341 e. The van der Waals surface area contributed by atoms with Crippen LogP contribution in [0.4, 0.5) is 8.78 Å². The van der Waals surface area contributed by atoms with Gasteiger partial charge in [0.1, 0.15) is 5.56 Å². The van der Waals surface area contributed by atoms with Crippen molar-refractivity contribution in [1.82, 2.24) is 4.57 Å². The van der Waals surface area contributed by atoms with Crippen LogP contribution in [0.5, 0.6) is 0 Å². The molecule has 0 radical (unpaired) electrons. The number of aromatic carboxylic acids is 1. The summed E-state index contributed by atoms with van der Waals surface area (Å²) in [7, 11) is 0. The van der Waals surface area contributed by atoms with Gasteiger partial charge in [-0.05, 0) is 6.92 Å². The van der Waals surface area contributed by atoms with Crippen LogP contribution < -0.4 is 5.43 Å². The van der Waals surface area contributed by atoms with Crippen LogP contribution in [-0.2, 0) is 12.5 Å². The van der Waals surface area contributed by atoms with Crippen molar-refractivity contribution in [2.75, 3.05) is 0 Å². The third kappa shape index (κ3) is 3.16. The number of carbonyl (C=O) groups is 1. The van der Waals surface area contributed by atoms with Gasteiger partial charge in [-0.3, -0.25) is 4.79 Å². The van der Waals surface area contributed by atoms with Crippen molar-refractivity contribution >= 4 is 5.97 Å². The molecule has 110 valence electrons. The highest BCUT2D eigenvalue weighted by molar-refractivity contribution is 5.87. The van der Waals surface area contributed by atoms with E-state index in [1.165, 1.54) is 31.2 Å². The van der Waals surface area contributed by atoms with E-state index in [0.29, 0.717) is 0 Å². The number of alkyl halides is 2. The number of nitrogens with zero attached hydrogens (tertiary/aromatic N) is 1. The fourth-order valence-electron chi connectivity index (χ4n) is 1.99. The molecule has 0 aliphatic carbocycles. The van der Waals surface area contributed by atoms with Crippen molar-refractivity contribution in [3.05, 3.63) is 69.6 Å². The summed E-state index contributed by atoms with van der Waals surface area (Å²) in [5, 5.41) is 8.90. The molecule has 0 aliphatic heterocycles. The fourth-order valence-corrected chi connectivity index (χ4v) is 1.99. The van der Waals surface area contributed by atoms with Gasteiger partial charge in [-0.25, -0.2) is 4.79 Å². The molecule has 1 aromatic carbocycles. The van der Waals surface area contributed by atoms with Crippen molar-refractivity contribution in [3.63, 3.8) is 0 Å². The lowest BCUT2D eigenvalue weighted by molar-refractivity contribution is -0.0229. The molecular weight excluding hydrogens is 280 g/mol. The van der Waals surface area contributed by atoms with E-state index in [1.54, 1.807) is 6.07 Å². The first-order chi connectivity index (χ1) is 9.81.